The van der Waals surface area contributed by atoms with Gasteiger partial charge in [0.05, 0.1) is 11.6 Å². The van der Waals surface area contributed by atoms with E-state index in [4.69, 9.17) is 0 Å². The van der Waals surface area contributed by atoms with Gasteiger partial charge in [0, 0.05) is 35.8 Å². The number of fused-ring (bicyclic) bond motifs is 2. The summed E-state index contributed by atoms with van der Waals surface area (Å²) < 4.78 is 1.39. The van der Waals surface area contributed by atoms with Gasteiger partial charge < -0.3 is 19.7 Å². The number of phenols is 1. The number of nitrogens with zero attached hydrogens (tertiary/aromatic N) is 2. The number of anilines is 2. The highest BCUT2D eigenvalue weighted by Crippen LogP contribution is 2.44. The average Bonchev–Trinajstić information content (AvgIpc) is 3.01. The summed E-state index contributed by atoms with van der Waals surface area (Å²) in [5, 5.41) is 24.7. The lowest BCUT2D eigenvalue weighted by atomic mass is 9.90. The van der Waals surface area contributed by atoms with Crippen LogP contribution >= 0.6 is 0 Å². The lowest BCUT2D eigenvalue weighted by molar-refractivity contribution is 0.0969. The van der Waals surface area contributed by atoms with E-state index < -0.39 is 17.4 Å². The van der Waals surface area contributed by atoms with Crippen LogP contribution in [0.2, 0.25) is 0 Å². The zero-order valence-electron chi connectivity index (χ0n) is 22.4. The van der Waals surface area contributed by atoms with E-state index in [1.807, 2.05) is 95.9 Å². The van der Waals surface area contributed by atoms with Crippen LogP contribution in [0.5, 0.6) is 11.5 Å². The average molecular weight is 541 g/mol. The molecule has 0 saturated carbocycles. The first kappa shape index (κ1) is 25.9. The maximum absolute atomic E-state index is 14.2. The van der Waals surface area contributed by atoms with Crippen LogP contribution in [-0.4, -0.2) is 20.6 Å². The van der Waals surface area contributed by atoms with Crippen molar-refractivity contribution in [3.8, 4) is 11.5 Å². The molecule has 41 heavy (non-hydrogen) atoms. The highest BCUT2D eigenvalue weighted by Gasteiger charge is 2.32. The number of carbonyl (C=O) groups excluding carboxylic acids is 1. The smallest absolute Gasteiger partial charge is 0.265 e. The van der Waals surface area contributed by atoms with Crippen LogP contribution in [0.25, 0.3) is 21.7 Å². The summed E-state index contributed by atoms with van der Waals surface area (Å²) in [6, 6.07) is 36.7. The van der Waals surface area contributed by atoms with Crippen molar-refractivity contribution in [1.82, 2.24) is 4.57 Å². The quantitative estimate of drug-likeness (QED) is 0.208. The molecule has 0 aliphatic rings. The third-order valence-corrected chi connectivity index (χ3v) is 7.59. The van der Waals surface area contributed by atoms with E-state index in [0.717, 1.165) is 22.1 Å². The first-order valence-corrected chi connectivity index (χ1v) is 13.4. The molecule has 202 valence electrons. The molecule has 0 aliphatic carbocycles. The van der Waals surface area contributed by atoms with E-state index in [-0.39, 0.29) is 23.5 Å². The first-order chi connectivity index (χ1) is 20.0. The van der Waals surface area contributed by atoms with E-state index in [0.29, 0.717) is 16.5 Å². The van der Waals surface area contributed by atoms with Gasteiger partial charge in [-0.2, -0.15) is 0 Å². The molecule has 1 aromatic heterocycles. The summed E-state index contributed by atoms with van der Waals surface area (Å²) in [6.45, 7) is 0. The SMILES string of the molecule is Cn1c(=O)c(C(=O)CC(c2c(O)ccc3ccccc23)N(c2ccccc2)c2ccccc2)c(O)c2ccccc21. The number of aryl methyl sites for hydroxylation is 1. The minimum atomic E-state index is -0.728. The molecule has 6 rings (SSSR count). The summed E-state index contributed by atoms with van der Waals surface area (Å²) in [5.41, 5.74) is 1.86. The van der Waals surface area contributed by atoms with E-state index in [9.17, 15) is 19.8 Å². The number of benzene rings is 5. The number of aromatic hydroxyl groups is 2. The molecule has 2 N–H and O–H groups in total. The predicted octanol–water partition coefficient (Wildman–Crippen LogP) is 7.26. The number of rotatable bonds is 7. The zero-order chi connectivity index (χ0) is 28.5. The number of phenolic OH excluding ortho intramolecular Hbond substituents is 1. The molecule has 6 aromatic rings. The lowest BCUT2D eigenvalue weighted by Crippen LogP contribution is -2.30. The molecule has 1 unspecified atom stereocenters. The van der Waals surface area contributed by atoms with Gasteiger partial charge in [0.2, 0.25) is 0 Å². The van der Waals surface area contributed by atoms with Crippen molar-refractivity contribution in [3.63, 3.8) is 0 Å². The maximum Gasteiger partial charge on any atom is 0.265 e. The summed E-state index contributed by atoms with van der Waals surface area (Å²) in [7, 11) is 1.59. The Morgan fingerprint density at radius 1 is 0.732 bits per heavy atom. The van der Waals surface area contributed by atoms with Gasteiger partial charge in [-0.05, 0) is 53.2 Å². The van der Waals surface area contributed by atoms with Crippen LogP contribution < -0.4 is 10.5 Å². The number of hydrogen-bond acceptors (Lipinski definition) is 5. The largest absolute Gasteiger partial charge is 0.508 e. The Morgan fingerprint density at radius 2 is 1.29 bits per heavy atom. The number of hydrogen-bond donors (Lipinski definition) is 2. The van der Waals surface area contributed by atoms with Crippen molar-refractivity contribution >= 4 is 38.8 Å². The van der Waals surface area contributed by atoms with Crippen LogP contribution in [0.4, 0.5) is 11.4 Å². The minimum Gasteiger partial charge on any atom is -0.508 e. The van der Waals surface area contributed by atoms with Gasteiger partial charge in [0.1, 0.15) is 17.1 Å². The van der Waals surface area contributed by atoms with Gasteiger partial charge in [0.15, 0.2) is 5.78 Å². The molecule has 0 fully saturated rings. The molecular weight excluding hydrogens is 512 g/mol. The maximum atomic E-state index is 14.2. The third-order valence-electron chi connectivity index (χ3n) is 7.59. The van der Waals surface area contributed by atoms with Crippen molar-refractivity contribution in [2.24, 2.45) is 7.05 Å². The Kier molecular flexibility index (Phi) is 6.73. The van der Waals surface area contributed by atoms with Crippen LogP contribution in [0.1, 0.15) is 28.4 Å². The number of carbonyl (C=O) groups is 1. The van der Waals surface area contributed by atoms with Gasteiger partial charge in [-0.3, -0.25) is 9.59 Å². The second-order valence-corrected chi connectivity index (χ2v) is 10.0. The third kappa shape index (κ3) is 4.59. The number of aromatic nitrogens is 1. The molecule has 0 spiro atoms. The molecular formula is C35H28N2O4. The molecule has 0 radical (unpaired) electrons. The molecule has 6 heteroatoms. The summed E-state index contributed by atoms with van der Waals surface area (Å²) in [4.78, 5) is 29.7. The highest BCUT2D eigenvalue weighted by molar-refractivity contribution is 6.04. The number of ketones is 1. The molecule has 1 atom stereocenters. The van der Waals surface area contributed by atoms with Gasteiger partial charge in [-0.1, -0.05) is 78.9 Å². The van der Waals surface area contributed by atoms with E-state index in [2.05, 4.69) is 0 Å². The normalized spacial score (nSPS) is 11.9. The molecule has 6 nitrogen and oxygen atoms in total. The number of para-hydroxylation sites is 3. The van der Waals surface area contributed by atoms with E-state index in [1.165, 1.54) is 4.57 Å². The van der Waals surface area contributed by atoms with Gasteiger partial charge in [-0.25, -0.2) is 0 Å². The van der Waals surface area contributed by atoms with Gasteiger partial charge >= 0.3 is 0 Å². The van der Waals surface area contributed by atoms with Crippen LogP contribution in [0, 0.1) is 0 Å². The van der Waals surface area contributed by atoms with Crippen molar-refractivity contribution in [3.05, 3.63) is 143 Å². The predicted molar refractivity (Wildman–Crippen MR) is 163 cm³/mol. The molecule has 0 aliphatic heterocycles. The van der Waals surface area contributed by atoms with Crippen molar-refractivity contribution in [2.45, 2.75) is 12.5 Å². The Balaban J connectivity index is 1.60. The van der Waals surface area contributed by atoms with Crippen LogP contribution in [-0.2, 0) is 7.05 Å². The van der Waals surface area contributed by atoms with E-state index >= 15 is 0 Å². The molecule has 0 saturated heterocycles. The summed E-state index contributed by atoms with van der Waals surface area (Å²) in [5.74, 6) is -0.822. The minimum absolute atomic E-state index is 0.0361. The Hall–Kier alpha value is -5.36. The Bertz CT molecular complexity index is 1910. The standard InChI is InChI=1S/C35H28N2O4/c1-36-28-19-11-10-18-27(28)34(40)33(35(36)41)31(39)22-29(32-26-17-9-8-12-23(26)20-21-30(32)38)37(24-13-4-2-5-14-24)25-15-6-3-7-16-25/h2-21,29,38,40H,22H2,1H3. The Morgan fingerprint density at radius 3 is 1.95 bits per heavy atom. The van der Waals surface area contributed by atoms with Crippen molar-refractivity contribution < 1.29 is 15.0 Å². The highest BCUT2D eigenvalue weighted by atomic mass is 16.3. The second-order valence-electron chi connectivity index (χ2n) is 10.0. The van der Waals surface area contributed by atoms with Gasteiger partial charge in [0.25, 0.3) is 5.56 Å². The molecule has 0 bridgehead atoms. The summed E-state index contributed by atoms with van der Waals surface area (Å²) >= 11 is 0. The Labute approximate surface area is 237 Å². The van der Waals surface area contributed by atoms with Gasteiger partial charge in [-0.15, -0.1) is 0 Å². The van der Waals surface area contributed by atoms with Crippen molar-refractivity contribution in [1.29, 1.82) is 0 Å². The topological polar surface area (TPSA) is 82.8 Å². The molecule has 0 amide bonds. The fourth-order valence-corrected chi connectivity index (χ4v) is 5.65. The molecule has 5 aromatic carbocycles. The number of Topliss-reactive ketones (excluding diaryl/α,β-unsaturated/α-hetero) is 1. The summed E-state index contributed by atoms with van der Waals surface area (Å²) in [6.07, 6.45) is -0.188. The van der Waals surface area contributed by atoms with E-state index in [1.54, 1.807) is 37.4 Å². The number of pyridine rings is 1. The van der Waals surface area contributed by atoms with Crippen LogP contribution in [0.15, 0.2) is 126 Å². The zero-order valence-corrected chi connectivity index (χ0v) is 22.4. The fraction of sp³-hybridized carbons (Fsp3) is 0.0857. The second kappa shape index (κ2) is 10.7. The first-order valence-electron chi connectivity index (χ1n) is 13.4. The monoisotopic (exact) mass is 540 g/mol. The lowest BCUT2D eigenvalue weighted by Gasteiger charge is -2.35. The molecule has 1 heterocycles. The van der Waals surface area contributed by atoms with Crippen LogP contribution in [0.3, 0.4) is 0 Å². The van der Waals surface area contributed by atoms with Crippen molar-refractivity contribution in [2.75, 3.05) is 4.90 Å². The fourth-order valence-electron chi connectivity index (χ4n) is 5.65.